The van der Waals surface area contributed by atoms with Gasteiger partial charge in [0.25, 0.3) is 5.91 Å². The van der Waals surface area contributed by atoms with Gasteiger partial charge in [-0.1, -0.05) is 17.7 Å². The normalized spacial score (nSPS) is 20.1. The molecule has 0 atom stereocenters. The van der Waals surface area contributed by atoms with Crippen molar-refractivity contribution in [3.63, 3.8) is 0 Å². The molecule has 2 aliphatic rings. The van der Waals surface area contributed by atoms with E-state index in [1.54, 1.807) is 23.1 Å². The maximum absolute atomic E-state index is 12.9. The maximum Gasteiger partial charge on any atom is 0.254 e. The number of benzene rings is 1. The van der Waals surface area contributed by atoms with Crippen LogP contribution in [-0.4, -0.2) is 61.4 Å². The third-order valence-electron chi connectivity index (χ3n) is 5.27. The van der Waals surface area contributed by atoms with E-state index >= 15 is 0 Å². The van der Waals surface area contributed by atoms with Crippen molar-refractivity contribution >= 4 is 15.9 Å². The summed E-state index contributed by atoms with van der Waals surface area (Å²) in [5.41, 5.74) is 1.68. The number of carbonyl (C=O) groups is 1. The van der Waals surface area contributed by atoms with E-state index in [-0.39, 0.29) is 23.3 Å². The average Bonchev–Trinajstić information content (AvgIpc) is 2.68. The predicted molar refractivity (Wildman–Crippen MR) is 99.3 cm³/mol. The second kappa shape index (κ2) is 7.90. The van der Waals surface area contributed by atoms with Crippen LogP contribution >= 0.6 is 0 Å². The third kappa shape index (κ3) is 4.00. The maximum atomic E-state index is 12.9. The Morgan fingerprint density at radius 1 is 1.23 bits per heavy atom. The largest absolute Gasteiger partial charge is 0.396 e. The van der Waals surface area contributed by atoms with Crippen molar-refractivity contribution in [2.24, 2.45) is 5.92 Å². The molecular formula is C19H26N2O4S. The van der Waals surface area contributed by atoms with Crippen molar-refractivity contribution in [3.05, 3.63) is 41.5 Å². The quantitative estimate of drug-likeness (QED) is 0.812. The molecule has 0 spiro atoms. The molecule has 2 heterocycles. The summed E-state index contributed by atoms with van der Waals surface area (Å²) >= 11 is 0. The van der Waals surface area contributed by atoms with Crippen molar-refractivity contribution < 1.29 is 18.3 Å². The van der Waals surface area contributed by atoms with E-state index in [9.17, 15) is 18.3 Å². The first-order valence-corrected chi connectivity index (χ1v) is 10.5. The average molecular weight is 378 g/mol. The Kier molecular flexibility index (Phi) is 5.79. The van der Waals surface area contributed by atoms with E-state index in [4.69, 9.17) is 0 Å². The summed E-state index contributed by atoms with van der Waals surface area (Å²) in [7, 11) is -3.62. The van der Waals surface area contributed by atoms with E-state index in [1.807, 2.05) is 6.08 Å². The molecule has 1 aromatic rings. The Bertz CT molecular complexity index is 796. The van der Waals surface area contributed by atoms with Crippen molar-refractivity contribution in [1.82, 2.24) is 9.21 Å². The molecule has 6 nitrogen and oxygen atoms in total. The van der Waals surface area contributed by atoms with Crippen LogP contribution < -0.4 is 0 Å². The lowest BCUT2D eigenvalue weighted by atomic mass is 10.00. The molecule has 0 radical (unpaired) electrons. The Morgan fingerprint density at radius 3 is 2.58 bits per heavy atom. The van der Waals surface area contributed by atoms with Crippen LogP contribution in [-0.2, 0) is 10.0 Å². The number of hydrogen-bond acceptors (Lipinski definition) is 4. The van der Waals surface area contributed by atoms with Gasteiger partial charge in [-0.2, -0.15) is 4.31 Å². The minimum absolute atomic E-state index is 0.0988. The van der Waals surface area contributed by atoms with Gasteiger partial charge in [-0.05, 0) is 50.3 Å². The Balaban J connectivity index is 1.77. The van der Waals surface area contributed by atoms with Gasteiger partial charge in [-0.15, -0.1) is 0 Å². The fourth-order valence-corrected chi connectivity index (χ4v) is 4.92. The molecular weight excluding hydrogens is 352 g/mol. The van der Waals surface area contributed by atoms with Crippen LogP contribution in [0.2, 0.25) is 0 Å². The topological polar surface area (TPSA) is 77.9 Å². The summed E-state index contributed by atoms with van der Waals surface area (Å²) in [5.74, 6) is 0.0368. The number of aliphatic hydroxyl groups is 1. The summed E-state index contributed by atoms with van der Waals surface area (Å²) in [4.78, 5) is 14.6. The molecule has 26 heavy (non-hydrogen) atoms. The Morgan fingerprint density at radius 2 is 1.96 bits per heavy atom. The summed E-state index contributed by atoms with van der Waals surface area (Å²) in [5, 5.41) is 9.22. The first kappa shape index (κ1) is 19.1. The van der Waals surface area contributed by atoms with Crippen LogP contribution in [0.25, 0.3) is 0 Å². The Labute approximate surface area is 155 Å². The van der Waals surface area contributed by atoms with Gasteiger partial charge in [0.05, 0.1) is 4.90 Å². The van der Waals surface area contributed by atoms with Crippen LogP contribution in [0.15, 0.2) is 40.8 Å². The molecule has 3 rings (SSSR count). The molecule has 1 saturated heterocycles. The first-order chi connectivity index (χ1) is 12.4. The zero-order valence-corrected chi connectivity index (χ0v) is 15.9. The molecule has 0 aromatic heterocycles. The fourth-order valence-electron chi connectivity index (χ4n) is 3.41. The summed E-state index contributed by atoms with van der Waals surface area (Å²) in [6, 6.07) is 6.33. The summed E-state index contributed by atoms with van der Waals surface area (Å²) in [6.07, 6.45) is 4.21. The molecule has 1 N–H and O–H groups in total. The van der Waals surface area contributed by atoms with Gasteiger partial charge < -0.3 is 10.0 Å². The number of carbonyl (C=O) groups excluding carboxylic acids is 1. The van der Waals surface area contributed by atoms with Crippen LogP contribution in [0.3, 0.4) is 0 Å². The highest BCUT2D eigenvalue weighted by Gasteiger charge is 2.30. The molecule has 1 aromatic carbocycles. The number of piperidine rings is 1. The van der Waals surface area contributed by atoms with Crippen molar-refractivity contribution in [2.75, 3.05) is 32.8 Å². The number of rotatable bonds is 4. The predicted octanol–water partition coefficient (Wildman–Crippen LogP) is 1.87. The lowest BCUT2D eigenvalue weighted by Crippen LogP contribution is -2.39. The van der Waals surface area contributed by atoms with E-state index in [0.29, 0.717) is 44.6 Å². The number of sulfonamides is 1. The minimum atomic E-state index is -3.62. The lowest BCUT2D eigenvalue weighted by molar-refractivity contribution is 0.0768. The van der Waals surface area contributed by atoms with Gasteiger partial charge in [0.2, 0.25) is 10.0 Å². The SMILES string of the molecule is CC1=CCN(C(=O)c2cccc(S(=O)(=O)N3CCC(CO)CC3)c2)CC1. The smallest absolute Gasteiger partial charge is 0.254 e. The highest BCUT2D eigenvalue weighted by molar-refractivity contribution is 7.89. The molecule has 0 bridgehead atoms. The Hall–Kier alpha value is -1.70. The second-order valence-corrected chi connectivity index (χ2v) is 9.05. The number of aliphatic hydroxyl groups excluding tert-OH is 1. The molecule has 2 aliphatic heterocycles. The van der Waals surface area contributed by atoms with E-state index in [1.165, 1.54) is 15.9 Å². The van der Waals surface area contributed by atoms with Crippen LogP contribution in [0.4, 0.5) is 0 Å². The third-order valence-corrected chi connectivity index (χ3v) is 7.17. The highest BCUT2D eigenvalue weighted by Crippen LogP contribution is 2.24. The van der Waals surface area contributed by atoms with Crippen LogP contribution in [0, 0.1) is 5.92 Å². The molecule has 0 unspecified atom stereocenters. The lowest BCUT2D eigenvalue weighted by Gasteiger charge is -2.30. The van der Waals surface area contributed by atoms with E-state index in [2.05, 4.69) is 6.92 Å². The monoisotopic (exact) mass is 378 g/mol. The molecule has 7 heteroatoms. The van der Waals surface area contributed by atoms with Gasteiger partial charge in [-0.3, -0.25) is 4.79 Å². The van der Waals surface area contributed by atoms with Crippen molar-refractivity contribution in [1.29, 1.82) is 0 Å². The first-order valence-electron chi connectivity index (χ1n) is 9.08. The van der Waals surface area contributed by atoms with Gasteiger partial charge in [0.1, 0.15) is 0 Å². The van der Waals surface area contributed by atoms with Gasteiger partial charge in [0.15, 0.2) is 0 Å². The number of nitrogens with zero attached hydrogens (tertiary/aromatic N) is 2. The number of hydrogen-bond donors (Lipinski definition) is 1. The second-order valence-electron chi connectivity index (χ2n) is 7.11. The minimum Gasteiger partial charge on any atom is -0.396 e. The molecule has 1 fully saturated rings. The van der Waals surface area contributed by atoms with Gasteiger partial charge >= 0.3 is 0 Å². The standard InChI is InChI=1S/C19H26N2O4S/c1-15-5-9-20(10-6-15)19(23)17-3-2-4-18(13-17)26(24,25)21-11-7-16(14-22)8-12-21/h2-5,13,16,22H,6-12,14H2,1H3. The van der Waals surface area contributed by atoms with E-state index in [0.717, 1.165) is 6.42 Å². The highest BCUT2D eigenvalue weighted by atomic mass is 32.2. The fraction of sp³-hybridized carbons (Fsp3) is 0.526. The van der Waals surface area contributed by atoms with Crippen LogP contribution in [0.1, 0.15) is 36.5 Å². The zero-order valence-electron chi connectivity index (χ0n) is 15.1. The molecule has 142 valence electrons. The van der Waals surface area contributed by atoms with Gasteiger partial charge in [0, 0.05) is 38.3 Å². The molecule has 1 amide bonds. The van der Waals surface area contributed by atoms with E-state index < -0.39 is 10.0 Å². The zero-order chi connectivity index (χ0) is 18.7. The van der Waals surface area contributed by atoms with Crippen molar-refractivity contribution in [3.8, 4) is 0 Å². The van der Waals surface area contributed by atoms with Gasteiger partial charge in [-0.25, -0.2) is 8.42 Å². The molecule has 0 saturated carbocycles. The number of amides is 1. The van der Waals surface area contributed by atoms with Crippen LogP contribution in [0.5, 0.6) is 0 Å². The van der Waals surface area contributed by atoms with Crippen molar-refractivity contribution in [2.45, 2.75) is 31.1 Å². The molecule has 0 aliphatic carbocycles. The summed E-state index contributed by atoms with van der Waals surface area (Å²) in [6.45, 7) is 4.18. The summed E-state index contributed by atoms with van der Waals surface area (Å²) < 4.78 is 27.3.